The van der Waals surface area contributed by atoms with E-state index in [1.54, 1.807) is 4.90 Å². The molecule has 0 radical (unpaired) electrons. The molecule has 1 aromatic heterocycles. The molecule has 0 saturated heterocycles. The molecule has 0 atom stereocenters. The molecule has 114 valence electrons. The third-order valence-electron chi connectivity index (χ3n) is 3.82. The number of hydrogen-bond acceptors (Lipinski definition) is 4. The van der Waals surface area contributed by atoms with E-state index in [2.05, 4.69) is 10.2 Å². The van der Waals surface area contributed by atoms with E-state index in [1.807, 2.05) is 43.3 Å². The van der Waals surface area contributed by atoms with Gasteiger partial charge in [0.1, 0.15) is 6.61 Å². The van der Waals surface area contributed by atoms with Crippen molar-refractivity contribution in [2.24, 2.45) is 0 Å². The Morgan fingerprint density at radius 2 is 2.09 bits per heavy atom. The van der Waals surface area contributed by atoms with E-state index in [0.29, 0.717) is 19.7 Å². The fourth-order valence-corrected chi connectivity index (χ4v) is 2.51. The fraction of sp³-hybridized carbons (Fsp3) is 0.353. The highest BCUT2D eigenvalue weighted by atomic mass is 16.6. The molecule has 5 heteroatoms. The van der Waals surface area contributed by atoms with Crippen molar-refractivity contribution >= 4 is 6.09 Å². The molecule has 1 aromatic carbocycles. The second-order valence-corrected chi connectivity index (χ2v) is 5.37. The topological polar surface area (TPSA) is 55.3 Å². The molecule has 0 aliphatic carbocycles. The first-order valence-electron chi connectivity index (χ1n) is 7.56. The molecule has 22 heavy (non-hydrogen) atoms. The zero-order valence-electron chi connectivity index (χ0n) is 12.7. The summed E-state index contributed by atoms with van der Waals surface area (Å²) in [5.41, 5.74) is 4.02. The van der Waals surface area contributed by atoms with Gasteiger partial charge in [-0.3, -0.25) is 0 Å². The van der Waals surface area contributed by atoms with Gasteiger partial charge in [0.15, 0.2) is 0 Å². The van der Waals surface area contributed by atoms with Gasteiger partial charge in [0.25, 0.3) is 0 Å². The Morgan fingerprint density at radius 3 is 2.86 bits per heavy atom. The zero-order chi connectivity index (χ0) is 15.4. The van der Waals surface area contributed by atoms with Crippen LogP contribution in [0.25, 0.3) is 0 Å². The smallest absolute Gasteiger partial charge is 0.410 e. The summed E-state index contributed by atoms with van der Waals surface area (Å²) < 4.78 is 5.39. The first-order chi connectivity index (χ1) is 10.8. The molecular weight excluding hydrogens is 278 g/mol. The van der Waals surface area contributed by atoms with Crippen molar-refractivity contribution < 1.29 is 9.53 Å². The molecular formula is C17H19N3O2. The summed E-state index contributed by atoms with van der Waals surface area (Å²) >= 11 is 0. The van der Waals surface area contributed by atoms with Gasteiger partial charge in [0.05, 0.1) is 17.9 Å². The van der Waals surface area contributed by atoms with E-state index < -0.39 is 0 Å². The standard InChI is InChI=1S/C17H19N3O2/c1-2-15-10-14-11-20(9-8-16(14)19-18-15)17(21)22-12-13-6-4-3-5-7-13/h3-7,10H,2,8-9,11-12H2,1H3. The Morgan fingerprint density at radius 1 is 1.27 bits per heavy atom. The zero-order valence-corrected chi connectivity index (χ0v) is 12.7. The number of nitrogens with zero attached hydrogens (tertiary/aromatic N) is 3. The lowest BCUT2D eigenvalue weighted by atomic mass is 10.1. The summed E-state index contributed by atoms with van der Waals surface area (Å²) in [6, 6.07) is 11.7. The van der Waals surface area contributed by atoms with Crippen LogP contribution in [0.1, 0.15) is 29.4 Å². The van der Waals surface area contributed by atoms with Gasteiger partial charge >= 0.3 is 6.09 Å². The first-order valence-corrected chi connectivity index (χ1v) is 7.56. The maximum absolute atomic E-state index is 12.2. The van der Waals surface area contributed by atoms with Crippen LogP contribution in [0.3, 0.4) is 0 Å². The summed E-state index contributed by atoms with van der Waals surface area (Å²) in [4.78, 5) is 13.9. The van der Waals surface area contributed by atoms with Crippen LogP contribution in [-0.2, 0) is 30.7 Å². The molecule has 0 bridgehead atoms. The minimum Gasteiger partial charge on any atom is -0.445 e. The lowest BCUT2D eigenvalue weighted by Gasteiger charge is -2.27. The molecule has 0 saturated carbocycles. The molecule has 1 amide bonds. The highest BCUT2D eigenvalue weighted by Gasteiger charge is 2.23. The van der Waals surface area contributed by atoms with E-state index in [-0.39, 0.29) is 6.09 Å². The quantitative estimate of drug-likeness (QED) is 0.874. The van der Waals surface area contributed by atoms with Crippen LogP contribution in [0, 0.1) is 0 Å². The van der Waals surface area contributed by atoms with E-state index in [9.17, 15) is 4.79 Å². The second kappa shape index (κ2) is 6.56. The van der Waals surface area contributed by atoms with Gasteiger partial charge in [0, 0.05) is 13.0 Å². The van der Waals surface area contributed by atoms with Gasteiger partial charge in [-0.1, -0.05) is 37.3 Å². The largest absolute Gasteiger partial charge is 0.445 e. The van der Waals surface area contributed by atoms with Crippen molar-refractivity contribution in [1.82, 2.24) is 15.1 Å². The number of carbonyl (C=O) groups excluding carboxylic acids is 1. The number of carbonyl (C=O) groups is 1. The van der Waals surface area contributed by atoms with Gasteiger partial charge in [-0.05, 0) is 23.6 Å². The van der Waals surface area contributed by atoms with Gasteiger partial charge in [0.2, 0.25) is 0 Å². The maximum atomic E-state index is 12.2. The van der Waals surface area contributed by atoms with E-state index in [4.69, 9.17) is 4.74 Å². The molecule has 5 nitrogen and oxygen atoms in total. The number of ether oxygens (including phenoxy) is 1. The van der Waals surface area contributed by atoms with Gasteiger partial charge in [-0.15, -0.1) is 0 Å². The number of fused-ring (bicyclic) bond motifs is 1. The average molecular weight is 297 g/mol. The Bertz CT molecular complexity index is 658. The summed E-state index contributed by atoms with van der Waals surface area (Å²) in [6.07, 6.45) is 1.30. The number of aromatic nitrogens is 2. The van der Waals surface area contributed by atoms with E-state index in [0.717, 1.165) is 35.4 Å². The molecule has 3 rings (SSSR count). The van der Waals surface area contributed by atoms with Crippen LogP contribution in [0.15, 0.2) is 36.4 Å². The van der Waals surface area contributed by atoms with Crippen LogP contribution < -0.4 is 0 Å². The van der Waals surface area contributed by atoms with Crippen LogP contribution in [0.5, 0.6) is 0 Å². The molecule has 0 spiro atoms. The average Bonchev–Trinajstić information content (AvgIpc) is 2.59. The Labute approximate surface area is 129 Å². The van der Waals surface area contributed by atoms with Crippen molar-refractivity contribution in [3.63, 3.8) is 0 Å². The van der Waals surface area contributed by atoms with Gasteiger partial charge < -0.3 is 9.64 Å². The Kier molecular flexibility index (Phi) is 4.32. The number of rotatable bonds is 3. The highest BCUT2D eigenvalue weighted by molar-refractivity contribution is 5.68. The molecule has 2 aromatic rings. The normalized spacial score (nSPS) is 13.6. The fourth-order valence-electron chi connectivity index (χ4n) is 2.51. The molecule has 1 aliphatic rings. The minimum atomic E-state index is -0.274. The van der Waals surface area contributed by atoms with Crippen molar-refractivity contribution in [3.05, 3.63) is 58.9 Å². The number of benzene rings is 1. The van der Waals surface area contributed by atoms with Crippen LogP contribution >= 0.6 is 0 Å². The number of amides is 1. The summed E-state index contributed by atoms with van der Waals surface area (Å²) in [6.45, 7) is 3.52. The summed E-state index contributed by atoms with van der Waals surface area (Å²) in [5.74, 6) is 0. The van der Waals surface area contributed by atoms with Crippen LogP contribution in [0.4, 0.5) is 4.79 Å². The van der Waals surface area contributed by atoms with Crippen LogP contribution in [-0.4, -0.2) is 27.7 Å². The molecule has 0 fully saturated rings. The van der Waals surface area contributed by atoms with Crippen molar-refractivity contribution in [1.29, 1.82) is 0 Å². The number of aryl methyl sites for hydroxylation is 1. The molecule has 0 unspecified atom stereocenters. The van der Waals surface area contributed by atoms with Crippen molar-refractivity contribution in [2.45, 2.75) is 32.9 Å². The van der Waals surface area contributed by atoms with Gasteiger partial charge in [-0.25, -0.2) is 4.79 Å². The van der Waals surface area contributed by atoms with E-state index >= 15 is 0 Å². The summed E-state index contributed by atoms with van der Waals surface area (Å²) in [5, 5.41) is 8.42. The van der Waals surface area contributed by atoms with Crippen molar-refractivity contribution in [2.75, 3.05) is 6.54 Å². The minimum absolute atomic E-state index is 0.274. The van der Waals surface area contributed by atoms with Crippen molar-refractivity contribution in [3.8, 4) is 0 Å². The number of hydrogen-bond donors (Lipinski definition) is 0. The molecule has 1 aliphatic heterocycles. The lowest BCUT2D eigenvalue weighted by Crippen LogP contribution is -2.36. The predicted molar refractivity (Wildman–Crippen MR) is 82.2 cm³/mol. The van der Waals surface area contributed by atoms with Crippen LogP contribution in [0.2, 0.25) is 0 Å². The predicted octanol–water partition coefficient (Wildman–Crippen LogP) is 2.73. The summed E-state index contributed by atoms with van der Waals surface area (Å²) in [7, 11) is 0. The molecule has 0 N–H and O–H groups in total. The first kappa shape index (κ1) is 14.5. The molecule has 2 heterocycles. The third kappa shape index (κ3) is 3.24. The van der Waals surface area contributed by atoms with E-state index in [1.165, 1.54) is 0 Å². The SMILES string of the molecule is CCc1cc2c(nn1)CCN(C(=O)OCc1ccccc1)C2. The third-order valence-corrected chi connectivity index (χ3v) is 3.82. The Balaban J connectivity index is 1.62. The van der Waals surface area contributed by atoms with Gasteiger partial charge in [-0.2, -0.15) is 10.2 Å². The Hall–Kier alpha value is -2.43. The second-order valence-electron chi connectivity index (χ2n) is 5.37. The monoisotopic (exact) mass is 297 g/mol. The lowest BCUT2D eigenvalue weighted by molar-refractivity contribution is 0.0915. The highest BCUT2D eigenvalue weighted by Crippen LogP contribution is 2.18. The maximum Gasteiger partial charge on any atom is 0.410 e.